The molecule has 3 aromatic rings. The summed E-state index contributed by atoms with van der Waals surface area (Å²) in [6.45, 7) is 2.36. The maximum Gasteiger partial charge on any atom is 0.275 e. The van der Waals surface area contributed by atoms with Crippen LogP contribution in [0.1, 0.15) is 10.5 Å². The topological polar surface area (TPSA) is 91.8 Å². The number of aromatic nitrogens is 1. The number of carbonyl (C=O) groups is 1. The Labute approximate surface area is 191 Å². The van der Waals surface area contributed by atoms with Crippen LogP contribution in [0.15, 0.2) is 58.8 Å². The Kier molecular flexibility index (Phi) is 6.56. The zero-order chi connectivity index (χ0) is 22.7. The molecule has 10 heteroatoms. The summed E-state index contributed by atoms with van der Waals surface area (Å²) in [6.07, 6.45) is 0. The molecule has 0 bridgehead atoms. The number of ether oxygens (including phenoxy) is 1. The van der Waals surface area contributed by atoms with Crippen molar-refractivity contribution in [1.29, 1.82) is 0 Å². The lowest BCUT2D eigenvalue weighted by Gasteiger charge is -2.31. The summed E-state index contributed by atoms with van der Waals surface area (Å²) in [5, 5.41) is 5.20. The molecular weight excluding hydrogens is 448 g/mol. The third-order valence-corrected chi connectivity index (χ3v) is 8.09. The van der Waals surface area contributed by atoms with E-state index in [1.54, 1.807) is 24.6 Å². The summed E-state index contributed by atoms with van der Waals surface area (Å²) < 4.78 is 32.3. The number of piperazine rings is 1. The first-order chi connectivity index (χ1) is 15.4. The van der Waals surface area contributed by atoms with Gasteiger partial charge in [-0.25, -0.2) is 13.4 Å². The van der Waals surface area contributed by atoms with Gasteiger partial charge in [-0.15, -0.1) is 11.3 Å². The van der Waals surface area contributed by atoms with E-state index in [2.05, 4.69) is 15.2 Å². The zero-order valence-electron chi connectivity index (χ0n) is 17.8. The van der Waals surface area contributed by atoms with Crippen LogP contribution < -0.4 is 10.1 Å². The summed E-state index contributed by atoms with van der Waals surface area (Å²) >= 11 is 1.38. The molecule has 168 valence electrons. The summed E-state index contributed by atoms with van der Waals surface area (Å²) in [5.41, 5.74) is 1.70. The second kappa shape index (κ2) is 9.37. The van der Waals surface area contributed by atoms with Gasteiger partial charge >= 0.3 is 0 Å². The molecule has 8 nitrogen and oxygen atoms in total. The Morgan fingerprint density at radius 3 is 2.31 bits per heavy atom. The number of nitrogens with one attached hydrogen (secondary N) is 1. The van der Waals surface area contributed by atoms with Crippen LogP contribution in [0.5, 0.6) is 5.75 Å². The largest absolute Gasteiger partial charge is 0.497 e. The Morgan fingerprint density at radius 1 is 1.03 bits per heavy atom. The number of sulfonamides is 1. The fraction of sp³-hybridized carbons (Fsp3) is 0.273. The maximum atomic E-state index is 12.8. The van der Waals surface area contributed by atoms with Gasteiger partial charge < -0.3 is 15.0 Å². The molecule has 2 aromatic carbocycles. The Morgan fingerprint density at radius 2 is 1.69 bits per heavy atom. The molecule has 0 aliphatic carbocycles. The SMILES string of the molecule is COc1ccc(-c2nc(C(=O)Nc3ccc(S(=O)(=O)N4CCN(C)CC4)cc3)cs2)cc1. The van der Waals surface area contributed by atoms with Crippen LogP contribution in [-0.2, 0) is 10.0 Å². The molecule has 2 heterocycles. The van der Waals surface area contributed by atoms with Crippen LogP contribution in [0.2, 0.25) is 0 Å². The molecule has 0 radical (unpaired) electrons. The number of hydrogen-bond acceptors (Lipinski definition) is 7. The van der Waals surface area contributed by atoms with Crippen LogP contribution in [0.25, 0.3) is 10.6 Å². The van der Waals surface area contributed by atoms with Crippen molar-refractivity contribution in [2.24, 2.45) is 0 Å². The van der Waals surface area contributed by atoms with Crippen molar-refractivity contribution in [3.8, 4) is 16.3 Å². The van der Waals surface area contributed by atoms with Crippen molar-refractivity contribution < 1.29 is 17.9 Å². The van der Waals surface area contributed by atoms with E-state index in [1.165, 1.54) is 27.8 Å². The van der Waals surface area contributed by atoms with Gasteiger partial charge in [-0.05, 0) is 55.6 Å². The zero-order valence-corrected chi connectivity index (χ0v) is 19.4. The molecule has 1 amide bonds. The van der Waals surface area contributed by atoms with Gasteiger partial charge in [0.25, 0.3) is 5.91 Å². The minimum absolute atomic E-state index is 0.218. The van der Waals surface area contributed by atoms with Crippen molar-refractivity contribution in [2.45, 2.75) is 4.90 Å². The van der Waals surface area contributed by atoms with Gasteiger partial charge in [0.15, 0.2) is 0 Å². The van der Waals surface area contributed by atoms with Crippen molar-refractivity contribution in [3.63, 3.8) is 0 Å². The van der Waals surface area contributed by atoms with Gasteiger partial charge in [-0.3, -0.25) is 4.79 Å². The first kappa shape index (κ1) is 22.4. The molecule has 1 aliphatic heterocycles. The van der Waals surface area contributed by atoms with Gasteiger partial charge in [0, 0.05) is 42.8 Å². The molecule has 1 N–H and O–H groups in total. The lowest BCUT2D eigenvalue weighted by molar-refractivity contribution is 0.102. The Bertz CT molecular complexity index is 1180. The molecule has 0 atom stereocenters. The molecule has 1 fully saturated rings. The molecule has 1 aromatic heterocycles. The molecular formula is C22H24N4O4S2. The lowest BCUT2D eigenvalue weighted by Crippen LogP contribution is -2.46. The maximum absolute atomic E-state index is 12.8. The number of hydrogen-bond donors (Lipinski definition) is 1. The van der Waals surface area contributed by atoms with Gasteiger partial charge in [0.2, 0.25) is 10.0 Å². The number of nitrogens with zero attached hydrogens (tertiary/aromatic N) is 3. The van der Waals surface area contributed by atoms with Crippen LogP contribution in [0, 0.1) is 0 Å². The lowest BCUT2D eigenvalue weighted by atomic mass is 10.2. The highest BCUT2D eigenvalue weighted by molar-refractivity contribution is 7.89. The number of rotatable bonds is 6. The number of thiazole rings is 1. The average molecular weight is 473 g/mol. The first-order valence-corrected chi connectivity index (χ1v) is 12.4. The first-order valence-electron chi connectivity index (χ1n) is 10.1. The number of carbonyl (C=O) groups excluding carboxylic acids is 1. The molecule has 1 aliphatic rings. The highest BCUT2D eigenvalue weighted by Gasteiger charge is 2.27. The van der Waals surface area contributed by atoms with Crippen LogP contribution in [0.4, 0.5) is 5.69 Å². The van der Waals surface area contributed by atoms with Crippen LogP contribution >= 0.6 is 11.3 Å². The van der Waals surface area contributed by atoms with Gasteiger partial charge in [-0.2, -0.15) is 4.31 Å². The molecule has 32 heavy (non-hydrogen) atoms. The molecule has 0 unspecified atom stereocenters. The van der Waals surface area contributed by atoms with Gasteiger partial charge in [0.05, 0.1) is 12.0 Å². The van der Waals surface area contributed by atoms with E-state index in [0.717, 1.165) is 16.3 Å². The molecule has 0 spiro atoms. The summed E-state index contributed by atoms with van der Waals surface area (Å²) in [6, 6.07) is 13.7. The third-order valence-electron chi connectivity index (χ3n) is 5.29. The van der Waals surface area contributed by atoms with E-state index in [-0.39, 0.29) is 10.8 Å². The van der Waals surface area contributed by atoms with Gasteiger partial charge in [0.1, 0.15) is 16.5 Å². The van der Waals surface area contributed by atoms with Crippen molar-refractivity contribution in [2.75, 3.05) is 45.7 Å². The van der Waals surface area contributed by atoms with E-state index in [4.69, 9.17) is 4.74 Å². The highest BCUT2D eigenvalue weighted by atomic mass is 32.2. The van der Waals surface area contributed by atoms with Crippen LogP contribution in [0.3, 0.4) is 0 Å². The van der Waals surface area contributed by atoms with Crippen LogP contribution in [-0.4, -0.2) is 68.9 Å². The summed E-state index contributed by atoms with van der Waals surface area (Å²) in [7, 11) is 0.0414. The standard InChI is InChI=1S/C22H24N4O4S2/c1-25-11-13-26(14-12-25)32(28,29)19-9-5-17(6-10-19)23-21(27)20-15-31-22(24-20)16-3-7-18(30-2)8-4-16/h3-10,15H,11-14H2,1-2H3,(H,23,27). The molecule has 1 saturated heterocycles. The number of methoxy groups -OCH3 is 1. The molecule has 0 saturated carbocycles. The van der Waals surface area contributed by atoms with E-state index < -0.39 is 10.0 Å². The fourth-order valence-corrected chi connectivity index (χ4v) is 5.56. The second-order valence-corrected chi connectivity index (χ2v) is 10.2. The van der Waals surface area contributed by atoms with E-state index in [0.29, 0.717) is 37.6 Å². The van der Waals surface area contributed by atoms with Gasteiger partial charge in [-0.1, -0.05) is 0 Å². The Balaban J connectivity index is 1.42. The second-order valence-electron chi connectivity index (χ2n) is 7.45. The minimum Gasteiger partial charge on any atom is -0.497 e. The average Bonchev–Trinajstić information content (AvgIpc) is 3.30. The number of amides is 1. The van der Waals surface area contributed by atoms with E-state index in [1.807, 2.05) is 31.3 Å². The fourth-order valence-electron chi connectivity index (χ4n) is 3.33. The van der Waals surface area contributed by atoms with E-state index in [9.17, 15) is 13.2 Å². The van der Waals surface area contributed by atoms with E-state index >= 15 is 0 Å². The smallest absolute Gasteiger partial charge is 0.275 e. The van der Waals surface area contributed by atoms with Crippen molar-refractivity contribution in [3.05, 3.63) is 59.6 Å². The summed E-state index contributed by atoms with van der Waals surface area (Å²) in [4.78, 5) is 19.3. The third kappa shape index (κ3) is 4.83. The highest BCUT2D eigenvalue weighted by Crippen LogP contribution is 2.26. The normalized spacial score (nSPS) is 15.4. The number of likely N-dealkylation sites (N-methyl/N-ethyl adjacent to an activating group) is 1. The minimum atomic E-state index is -3.54. The summed E-state index contributed by atoms with van der Waals surface area (Å²) in [5.74, 6) is 0.400. The predicted molar refractivity (Wildman–Crippen MR) is 125 cm³/mol. The Hall–Kier alpha value is -2.79. The quantitative estimate of drug-likeness (QED) is 0.593. The van der Waals surface area contributed by atoms with Crippen molar-refractivity contribution in [1.82, 2.24) is 14.2 Å². The van der Waals surface area contributed by atoms with Crippen molar-refractivity contribution >= 4 is 33.0 Å². The monoisotopic (exact) mass is 472 g/mol. The number of anilines is 1. The number of benzene rings is 2. The molecule has 4 rings (SSSR count). The predicted octanol–water partition coefficient (Wildman–Crippen LogP) is 3.01.